The van der Waals surface area contributed by atoms with Crippen LogP contribution in [-0.2, 0) is 0 Å². The molecule has 1 nitrogen and oxygen atoms in total. The average molecular weight is 416 g/mol. The Bertz CT molecular complexity index is 811. The van der Waals surface area contributed by atoms with E-state index in [-0.39, 0.29) is 10.7 Å². The van der Waals surface area contributed by atoms with Gasteiger partial charge in [0.1, 0.15) is 5.69 Å². The van der Waals surface area contributed by atoms with Gasteiger partial charge in [-0.25, -0.2) is 4.39 Å². The summed E-state index contributed by atoms with van der Waals surface area (Å²) in [6.45, 7) is 2.27. The average Bonchev–Trinajstić information content (AvgIpc) is 2.71. The largest absolute Gasteiger partial charge is 0.205 e. The lowest BCUT2D eigenvalue weighted by Gasteiger charge is -2.29. The Morgan fingerprint density at radius 2 is 1.79 bits per heavy atom. The van der Waals surface area contributed by atoms with Crippen molar-refractivity contribution in [2.75, 3.05) is 0 Å². The Hall–Kier alpha value is -1.54. The second-order valence-corrected chi connectivity index (χ2v) is 8.42. The second kappa shape index (κ2) is 10.3. The molecule has 0 radical (unpaired) electrons. The van der Waals surface area contributed by atoms with Crippen molar-refractivity contribution >= 4 is 34.7 Å². The summed E-state index contributed by atoms with van der Waals surface area (Å²) in [4.78, 5) is 3.70. The molecule has 28 heavy (non-hydrogen) atoms. The number of hydrogen-bond acceptors (Lipinski definition) is 2. The Morgan fingerprint density at radius 3 is 2.39 bits per heavy atom. The van der Waals surface area contributed by atoms with Crippen molar-refractivity contribution in [1.29, 1.82) is 0 Å². The van der Waals surface area contributed by atoms with Gasteiger partial charge in [-0.2, -0.15) is 4.99 Å². The van der Waals surface area contributed by atoms with Crippen molar-refractivity contribution in [3.05, 3.63) is 52.8 Å². The SMILES string of the molecule is CCCCCC1CCC(c2ccc(-c3cc(F)c(N=C=S)c(Cl)c3)cc2)CC1. The van der Waals surface area contributed by atoms with Gasteiger partial charge in [0.15, 0.2) is 5.82 Å². The topological polar surface area (TPSA) is 12.4 Å². The van der Waals surface area contributed by atoms with Gasteiger partial charge in [0.25, 0.3) is 0 Å². The fourth-order valence-electron chi connectivity index (χ4n) is 4.30. The molecule has 0 bridgehead atoms. The monoisotopic (exact) mass is 415 g/mol. The van der Waals surface area contributed by atoms with Crippen molar-refractivity contribution in [1.82, 2.24) is 0 Å². The van der Waals surface area contributed by atoms with Crippen LogP contribution in [0.15, 0.2) is 41.4 Å². The first-order valence-corrected chi connectivity index (χ1v) is 11.1. The van der Waals surface area contributed by atoms with E-state index in [4.69, 9.17) is 11.6 Å². The minimum absolute atomic E-state index is 0.0488. The van der Waals surface area contributed by atoms with Gasteiger partial charge in [-0.15, -0.1) is 0 Å². The van der Waals surface area contributed by atoms with Gasteiger partial charge in [-0.05, 0) is 78.6 Å². The van der Waals surface area contributed by atoms with Crippen LogP contribution < -0.4 is 0 Å². The fourth-order valence-corrected chi connectivity index (χ4v) is 4.64. The third kappa shape index (κ3) is 5.29. The molecule has 1 fully saturated rings. The summed E-state index contributed by atoms with van der Waals surface area (Å²) in [6.07, 6.45) is 10.7. The molecule has 2 aromatic rings. The van der Waals surface area contributed by atoms with Crippen LogP contribution in [0.25, 0.3) is 11.1 Å². The maximum atomic E-state index is 14.2. The number of benzene rings is 2. The van der Waals surface area contributed by atoms with Crippen molar-refractivity contribution in [2.24, 2.45) is 10.9 Å². The summed E-state index contributed by atoms with van der Waals surface area (Å²) < 4.78 is 14.2. The molecule has 1 aliphatic rings. The Kier molecular flexibility index (Phi) is 7.79. The molecule has 0 spiro atoms. The number of rotatable bonds is 7. The Morgan fingerprint density at radius 1 is 1.07 bits per heavy atom. The van der Waals surface area contributed by atoms with Gasteiger partial charge < -0.3 is 0 Å². The summed E-state index contributed by atoms with van der Waals surface area (Å²) in [7, 11) is 0. The molecule has 1 aliphatic carbocycles. The van der Waals surface area contributed by atoms with Gasteiger partial charge in [-0.3, -0.25) is 0 Å². The van der Waals surface area contributed by atoms with Crippen molar-refractivity contribution in [2.45, 2.75) is 64.2 Å². The van der Waals surface area contributed by atoms with Crippen LogP contribution in [0.4, 0.5) is 10.1 Å². The van der Waals surface area contributed by atoms with E-state index >= 15 is 0 Å². The number of hydrogen-bond donors (Lipinski definition) is 0. The molecule has 0 saturated heterocycles. The van der Waals surface area contributed by atoms with Gasteiger partial charge in [0.2, 0.25) is 0 Å². The number of thiocarbonyl (C=S) groups is 1. The number of nitrogens with zero attached hydrogens (tertiary/aromatic N) is 1. The highest BCUT2D eigenvalue weighted by atomic mass is 35.5. The van der Waals surface area contributed by atoms with Crippen molar-refractivity contribution in [3.63, 3.8) is 0 Å². The van der Waals surface area contributed by atoms with Crippen molar-refractivity contribution < 1.29 is 4.39 Å². The highest BCUT2D eigenvalue weighted by Gasteiger charge is 2.22. The maximum Gasteiger partial charge on any atom is 0.151 e. The summed E-state index contributed by atoms with van der Waals surface area (Å²) in [5, 5.41) is 2.42. The smallest absolute Gasteiger partial charge is 0.151 e. The molecule has 0 atom stereocenters. The van der Waals surface area contributed by atoms with Crippen LogP contribution in [0.1, 0.15) is 69.8 Å². The predicted molar refractivity (Wildman–Crippen MR) is 120 cm³/mol. The first-order valence-electron chi connectivity index (χ1n) is 10.3. The third-order valence-corrected chi connectivity index (χ3v) is 6.33. The van der Waals surface area contributed by atoms with Gasteiger partial charge in [0, 0.05) is 0 Å². The van der Waals surface area contributed by atoms with E-state index in [0.29, 0.717) is 5.92 Å². The lowest BCUT2D eigenvalue weighted by molar-refractivity contribution is 0.303. The summed E-state index contributed by atoms with van der Waals surface area (Å²) >= 11 is 10.7. The quantitative estimate of drug-likeness (QED) is 0.250. The van der Waals surface area contributed by atoms with Crippen LogP contribution >= 0.6 is 23.8 Å². The minimum atomic E-state index is -0.481. The number of isothiocyanates is 1. The second-order valence-electron chi connectivity index (χ2n) is 7.83. The summed E-state index contributed by atoms with van der Waals surface area (Å²) in [6, 6.07) is 11.7. The molecule has 0 N–H and O–H groups in total. The zero-order valence-corrected chi connectivity index (χ0v) is 18.0. The van der Waals surface area contributed by atoms with Crippen LogP contribution in [0, 0.1) is 11.7 Å². The number of unbranched alkanes of at least 4 members (excludes halogenated alkanes) is 2. The van der Waals surface area contributed by atoms with Gasteiger partial charge in [0.05, 0.1) is 10.2 Å². The lowest BCUT2D eigenvalue weighted by Crippen LogP contribution is -2.13. The standard InChI is InChI=1S/C24H27ClFNS/c1-2-3-4-5-17-6-8-18(9-7-17)19-10-12-20(13-11-19)21-14-22(25)24(27-16-28)23(26)15-21/h10-15,17-18H,2-9H2,1H3. The number of aliphatic imine (C=N–C) groups is 1. The Balaban J connectivity index is 1.65. The molecular weight excluding hydrogens is 389 g/mol. The van der Waals surface area contributed by atoms with E-state index in [1.165, 1.54) is 63.0 Å². The molecular formula is C24H27ClFNS. The van der Waals surface area contributed by atoms with Gasteiger partial charge >= 0.3 is 0 Å². The molecule has 0 unspecified atom stereocenters. The molecule has 1 saturated carbocycles. The third-order valence-electron chi connectivity index (χ3n) is 5.95. The van der Waals surface area contributed by atoms with Crippen LogP contribution in [-0.4, -0.2) is 5.16 Å². The molecule has 4 heteroatoms. The highest BCUT2D eigenvalue weighted by molar-refractivity contribution is 7.78. The minimum Gasteiger partial charge on any atom is -0.205 e. The van der Waals surface area contributed by atoms with Crippen LogP contribution in [0.5, 0.6) is 0 Å². The van der Waals surface area contributed by atoms with E-state index in [9.17, 15) is 4.39 Å². The fraction of sp³-hybridized carbons (Fsp3) is 0.458. The van der Waals surface area contributed by atoms with E-state index in [2.05, 4.69) is 53.6 Å². The van der Waals surface area contributed by atoms with E-state index in [1.54, 1.807) is 6.07 Å². The first kappa shape index (κ1) is 21.2. The molecule has 2 aromatic carbocycles. The zero-order valence-electron chi connectivity index (χ0n) is 16.4. The normalized spacial score (nSPS) is 19.2. The maximum absolute atomic E-state index is 14.2. The highest BCUT2D eigenvalue weighted by Crippen LogP contribution is 2.39. The Labute approximate surface area is 178 Å². The van der Waals surface area contributed by atoms with Crippen molar-refractivity contribution in [3.8, 4) is 11.1 Å². The molecule has 0 aromatic heterocycles. The van der Waals surface area contributed by atoms with E-state index in [1.807, 2.05) is 0 Å². The summed E-state index contributed by atoms with van der Waals surface area (Å²) in [5.74, 6) is 1.09. The molecule has 3 rings (SSSR count). The van der Waals surface area contributed by atoms with Crippen LogP contribution in [0.3, 0.4) is 0 Å². The molecule has 148 valence electrons. The first-order chi connectivity index (χ1) is 13.6. The van der Waals surface area contributed by atoms with E-state index < -0.39 is 5.82 Å². The van der Waals surface area contributed by atoms with E-state index in [0.717, 1.165) is 17.0 Å². The zero-order chi connectivity index (χ0) is 19.9. The summed E-state index contributed by atoms with van der Waals surface area (Å²) in [5.41, 5.74) is 3.14. The molecule has 0 amide bonds. The lowest BCUT2D eigenvalue weighted by atomic mass is 9.77. The number of halogens is 2. The van der Waals surface area contributed by atoms with Gasteiger partial charge in [-0.1, -0.05) is 68.5 Å². The predicted octanol–water partition coefficient (Wildman–Crippen LogP) is 8.73. The molecule has 0 heterocycles. The van der Waals surface area contributed by atoms with Crippen LogP contribution in [0.2, 0.25) is 5.02 Å². The molecule has 0 aliphatic heterocycles.